The first-order chi connectivity index (χ1) is 14.4. The molecule has 0 atom stereocenters. The summed E-state index contributed by atoms with van der Waals surface area (Å²) in [5, 5.41) is 1.38. The third kappa shape index (κ3) is 12.1. The highest BCUT2D eigenvalue weighted by Gasteiger charge is 2.16. The Balaban J connectivity index is 0. The van der Waals surface area contributed by atoms with Crippen LogP contribution in [0.1, 0.15) is 58.2 Å². The second-order valence-electron chi connectivity index (χ2n) is 7.03. The highest BCUT2D eigenvalue weighted by Crippen LogP contribution is 2.33. The molecular formula is C27H42ClNS. The molecule has 0 aromatic carbocycles. The summed E-state index contributed by atoms with van der Waals surface area (Å²) in [6.07, 6.45) is 16.7. The van der Waals surface area contributed by atoms with E-state index in [1.165, 1.54) is 33.8 Å². The Morgan fingerprint density at radius 3 is 2.27 bits per heavy atom. The lowest BCUT2D eigenvalue weighted by Gasteiger charge is -2.14. The summed E-state index contributed by atoms with van der Waals surface area (Å²) in [7, 11) is 0. The lowest BCUT2D eigenvalue weighted by Crippen LogP contribution is -2.04. The molecule has 1 aromatic rings. The molecule has 0 saturated heterocycles. The van der Waals surface area contributed by atoms with E-state index in [4.69, 9.17) is 0 Å². The van der Waals surface area contributed by atoms with E-state index in [1.54, 1.807) is 6.08 Å². The average Bonchev–Trinajstić information content (AvgIpc) is 3.01. The molecule has 0 N–H and O–H groups in total. The second-order valence-corrected chi connectivity index (χ2v) is 8.04. The number of rotatable bonds is 10. The van der Waals surface area contributed by atoms with Crippen molar-refractivity contribution >= 4 is 23.4 Å². The molecule has 3 heteroatoms. The van der Waals surface area contributed by atoms with Gasteiger partial charge < -0.3 is 4.57 Å². The Hall–Kier alpha value is -1.64. The molecule has 0 aliphatic rings. The Bertz CT molecular complexity index is 717. The van der Waals surface area contributed by atoms with E-state index in [0.29, 0.717) is 5.92 Å². The minimum absolute atomic E-state index is 0.522. The molecule has 1 nitrogen and oxygen atoms in total. The van der Waals surface area contributed by atoms with Gasteiger partial charge in [-0.3, -0.25) is 0 Å². The van der Waals surface area contributed by atoms with Gasteiger partial charge in [-0.1, -0.05) is 68.5 Å². The fraction of sp³-hybridized carbons (Fsp3) is 0.407. The Morgan fingerprint density at radius 2 is 1.80 bits per heavy atom. The SMILES string of the molecule is C=C/C=C(\C=C/C)Cn1c(C)cc(C(C)C)c1SC/C=C(\C)CC=C.C=CC.CCl. The largest absolute Gasteiger partial charge is 0.336 e. The monoisotopic (exact) mass is 447 g/mol. The number of aryl methyl sites for hydroxylation is 1. The van der Waals surface area contributed by atoms with Gasteiger partial charge in [0.1, 0.15) is 0 Å². The maximum atomic E-state index is 4.64. The lowest BCUT2D eigenvalue weighted by atomic mass is 10.1. The van der Waals surface area contributed by atoms with Crippen LogP contribution in [0.3, 0.4) is 0 Å². The number of hydrogen-bond donors (Lipinski definition) is 0. The van der Waals surface area contributed by atoms with Gasteiger partial charge in [-0.05, 0) is 57.2 Å². The van der Waals surface area contributed by atoms with Crippen LogP contribution < -0.4 is 0 Å². The second kappa shape index (κ2) is 19.3. The summed E-state index contributed by atoms with van der Waals surface area (Å²) in [6.45, 7) is 24.8. The summed E-state index contributed by atoms with van der Waals surface area (Å²) in [5.41, 5.74) is 5.41. The minimum Gasteiger partial charge on any atom is -0.336 e. The predicted molar refractivity (Wildman–Crippen MR) is 143 cm³/mol. The predicted octanol–water partition coefficient (Wildman–Crippen LogP) is 9.27. The highest BCUT2D eigenvalue weighted by molar-refractivity contribution is 7.99. The van der Waals surface area contributed by atoms with Gasteiger partial charge in [-0.15, -0.1) is 36.5 Å². The number of aromatic nitrogens is 1. The van der Waals surface area contributed by atoms with E-state index in [2.05, 4.69) is 101 Å². The molecule has 0 aliphatic carbocycles. The molecule has 0 aliphatic heterocycles. The summed E-state index contributed by atoms with van der Waals surface area (Å²) in [4.78, 5) is 0. The van der Waals surface area contributed by atoms with Gasteiger partial charge in [0.05, 0.1) is 5.03 Å². The third-order valence-electron chi connectivity index (χ3n) is 4.08. The van der Waals surface area contributed by atoms with E-state index in [1.807, 2.05) is 30.8 Å². The standard InChI is InChI=1S/C23H33NS.C3H6.CH3Cl/c1-8-11-19(6)14-15-25-23-22(18(4)5)16-20(7)24(23)17-21(12-9-2)13-10-3;1-3-2;1-2/h8-10,12-14,16,18H,1-2,11,15,17H2,3-7H3;3H,1H2,2H3;1H3/b13-10-,19-14+,21-12+;;. The van der Waals surface area contributed by atoms with Crippen LogP contribution in [-0.2, 0) is 6.54 Å². The topological polar surface area (TPSA) is 4.93 Å². The van der Waals surface area contributed by atoms with Crippen LogP contribution in [0, 0.1) is 6.92 Å². The molecule has 168 valence electrons. The highest BCUT2D eigenvalue weighted by atomic mass is 35.5. The molecule has 1 aromatic heterocycles. The van der Waals surface area contributed by atoms with Crippen molar-refractivity contribution in [2.24, 2.45) is 0 Å². The summed E-state index contributed by atoms with van der Waals surface area (Å²) >= 11 is 6.57. The molecule has 0 amide bonds. The van der Waals surface area contributed by atoms with Gasteiger partial charge >= 0.3 is 0 Å². The van der Waals surface area contributed by atoms with E-state index in [-0.39, 0.29) is 0 Å². The minimum atomic E-state index is 0.522. The van der Waals surface area contributed by atoms with Crippen LogP contribution >= 0.6 is 23.4 Å². The van der Waals surface area contributed by atoms with Gasteiger partial charge in [0, 0.05) is 24.4 Å². The quantitative estimate of drug-likeness (QED) is 0.150. The summed E-state index contributed by atoms with van der Waals surface area (Å²) in [5.74, 6) is 1.52. The van der Waals surface area contributed by atoms with Crippen molar-refractivity contribution in [1.29, 1.82) is 0 Å². The van der Waals surface area contributed by atoms with Gasteiger partial charge in [-0.2, -0.15) is 0 Å². The van der Waals surface area contributed by atoms with Crippen molar-refractivity contribution in [3.8, 4) is 0 Å². The first-order valence-electron chi connectivity index (χ1n) is 10.3. The van der Waals surface area contributed by atoms with E-state index in [9.17, 15) is 0 Å². The third-order valence-corrected chi connectivity index (χ3v) is 5.14. The number of hydrogen-bond acceptors (Lipinski definition) is 1. The number of allylic oxidation sites excluding steroid dienone is 8. The van der Waals surface area contributed by atoms with Crippen LogP contribution in [0.4, 0.5) is 0 Å². The lowest BCUT2D eigenvalue weighted by molar-refractivity contribution is 0.690. The Morgan fingerprint density at radius 1 is 1.20 bits per heavy atom. The maximum absolute atomic E-state index is 4.64. The molecule has 0 unspecified atom stereocenters. The van der Waals surface area contributed by atoms with Crippen LogP contribution in [0.2, 0.25) is 0 Å². The number of thioether (sulfide) groups is 1. The molecular weight excluding hydrogens is 406 g/mol. The molecule has 0 radical (unpaired) electrons. The normalized spacial score (nSPS) is 11.5. The Kier molecular flexibility index (Phi) is 19.7. The van der Waals surface area contributed by atoms with Crippen LogP contribution in [0.5, 0.6) is 0 Å². The van der Waals surface area contributed by atoms with E-state index >= 15 is 0 Å². The number of alkyl halides is 1. The van der Waals surface area contributed by atoms with Crippen LogP contribution in [0.25, 0.3) is 0 Å². The fourth-order valence-corrected chi connectivity index (χ4v) is 4.09. The van der Waals surface area contributed by atoms with Crippen LogP contribution in [0.15, 0.2) is 84.5 Å². The van der Waals surface area contributed by atoms with Crippen molar-refractivity contribution < 1.29 is 0 Å². The Labute approximate surface area is 196 Å². The van der Waals surface area contributed by atoms with Gasteiger partial charge in [0.15, 0.2) is 0 Å². The zero-order valence-corrected chi connectivity index (χ0v) is 21.7. The maximum Gasteiger partial charge on any atom is 0.0791 e. The zero-order valence-electron chi connectivity index (χ0n) is 20.2. The summed E-state index contributed by atoms with van der Waals surface area (Å²) in [6, 6.07) is 2.34. The molecule has 30 heavy (non-hydrogen) atoms. The van der Waals surface area contributed by atoms with E-state index < -0.39 is 0 Å². The fourth-order valence-electron chi connectivity index (χ4n) is 2.73. The molecule has 0 spiro atoms. The van der Waals surface area contributed by atoms with Crippen molar-refractivity contribution in [1.82, 2.24) is 4.57 Å². The zero-order chi connectivity index (χ0) is 23.5. The van der Waals surface area contributed by atoms with Crippen molar-refractivity contribution in [3.05, 3.63) is 90.7 Å². The number of halogens is 1. The average molecular weight is 448 g/mol. The van der Waals surface area contributed by atoms with Gasteiger partial charge in [-0.25, -0.2) is 0 Å². The van der Waals surface area contributed by atoms with Crippen molar-refractivity contribution in [2.75, 3.05) is 12.1 Å². The van der Waals surface area contributed by atoms with Crippen molar-refractivity contribution in [3.63, 3.8) is 0 Å². The summed E-state index contributed by atoms with van der Waals surface area (Å²) < 4.78 is 2.44. The molecule has 0 saturated carbocycles. The molecule has 0 fully saturated rings. The first kappa shape index (κ1) is 30.6. The van der Waals surface area contributed by atoms with Crippen molar-refractivity contribution in [2.45, 2.75) is 65.5 Å². The molecule has 1 rings (SSSR count). The molecule has 0 bridgehead atoms. The van der Waals surface area contributed by atoms with E-state index in [0.717, 1.165) is 18.7 Å². The molecule has 1 heterocycles. The number of nitrogens with zero attached hydrogens (tertiary/aromatic N) is 1. The smallest absolute Gasteiger partial charge is 0.0791 e. The first-order valence-corrected chi connectivity index (χ1v) is 12.1. The van der Waals surface area contributed by atoms with Crippen LogP contribution in [-0.4, -0.2) is 16.7 Å². The van der Waals surface area contributed by atoms with Gasteiger partial charge in [0.2, 0.25) is 0 Å². The van der Waals surface area contributed by atoms with Gasteiger partial charge in [0.25, 0.3) is 0 Å².